The smallest absolute Gasteiger partial charge is 0.0992 e. The minimum Gasteiger partial charge on any atom is -0.390 e. The molecule has 0 bridgehead atoms. The van der Waals surface area contributed by atoms with Crippen LogP contribution in [0.3, 0.4) is 0 Å². The summed E-state index contributed by atoms with van der Waals surface area (Å²) in [4.78, 5) is 0. The molecular weight excluding hydrogens is 184 g/mol. The highest BCUT2D eigenvalue weighted by Crippen LogP contribution is 2.42. The Morgan fingerprint density at radius 3 is 2.62 bits per heavy atom. The molecule has 1 fully saturated rings. The molecule has 0 aromatic heterocycles. The van der Waals surface area contributed by atoms with Gasteiger partial charge in [0.25, 0.3) is 0 Å². The first-order chi connectivity index (χ1) is 5.85. The fraction of sp³-hybridized carbons (Fsp3) is 1.00. The summed E-state index contributed by atoms with van der Waals surface area (Å²) in [5.74, 6) is 0.845. The predicted molar refractivity (Wildman–Crippen MR) is 56.7 cm³/mol. The standard InChI is InChI=1S/C10H20O2S/c1-9(2,12)10(3)6-4-5-8(11)13-7-10/h8,11-12H,4-7H2,1-3H3. The molecule has 1 heterocycles. The van der Waals surface area contributed by atoms with E-state index in [1.165, 1.54) is 0 Å². The molecule has 0 saturated carbocycles. The van der Waals surface area contributed by atoms with Gasteiger partial charge in [-0.25, -0.2) is 0 Å². The average molecular weight is 204 g/mol. The second-order valence-electron chi connectivity index (χ2n) is 4.78. The molecule has 2 nitrogen and oxygen atoms in total. The fourth-order valence-corrected chi connectivity index (χ4v) is 2.98. The van der Waals surface area contributed by atoms with Crippen molar-refractivity contribution in [3.05, 3.63) is 0 Å². The lowest BCUT2D eigenvalue weighted by Gasteiger charge is -2.39. The van der Waals surface area contributed by atoms with Crippen LogP contribution in [0.4, 0.5) is 0 Å². The van der Waals surface area contributed by atoms with Gasteiger partial charge >= 0.3 is 0 Å². The zero-order valence-electron chi connectivity index (χ0n) is 8.71. The number of thioether (sulfide) groups is 1. The van der Waals surface area contributed by atoms with Crippen molar-refractivity contribution in [2.24, 2.45) is 5.41 Å². The van der Waals surface area contributed by atoms with Crippen LogP contribution >= 0.6 is 11.8 Å². The Labute approximate surface area is 84.7 Å². The van der Waals surface area contributed by atoms with Gasteiger partial charge in [0.05, 0.1) is 11.0 Å². The van der Waals surface area contributed by atoms with E-state index in [9.17, 15) is 10.2 Å². The van der Waals surface area contributed by atoms with E-state index in [0.717, 1.165) is 25.0 Å². The van der Waals surface area contributed by atoms with Gasteiger partial charge in [-0.2, -0.15) is 0 Å². The third-order valence-electron chi connectivity index (χ3n) is 3.25. The summed E-state index contributed by atoms with van der Waals surface area (Å²) in [6, 6.07) is 0. The van der Waals surface area contributed by atoms with Gasteiger partial charge in [-0.1, -0.05) is 6.92 Å². The van der Waals surface area contributed by atoms with Crippen LogP contribution in [0.25, 0.3) is 0 Å². The summed E-state index contributed by atoms with van der Waals surface area (Å²) in [5, 5.41) is 19.5. The Hall–Kier alpha value is 0.270. The minimum atomic E-state index is -0.649. The van der Waals surface area contributed by atoms with E-state index in [1.54, 1.807) is 11.8 Å². The summed E-state index contributed by atoms with van der Waals surface area (Å²) in [7, 11) is 0. The monoisotopic (exact) mass is 204 g/mol. The van der Waals surface area contributed by atoms with E-state index in [2.05, 4.69) is 6.92 Å². The molecule has 13 heavy (non-hydrogen) atoms. The SMILES string of the molecule is CC(C)(O)C1(C)CCCC(O)SC1. The van der Waals surface area contributed by atoms with Crippen molar-refractivity contribution in [3.63, 3.8) is 0 Å². The molecule has 2 atom stereocenters. The molecule has 0 radical (unpaired) electrons. The Morgan fingerprint density at radius 1 is 1.46 bits per heavy atom. The Balaban J connectivity index is 2.68. The maximum atomic E-state index is 10.0. The summed E-state index contributed by atoms with van der Waals surface area (Å²) in [6.07, 6.45) is 2.87. The Kier molecular flexibility index (Phi) is 3.31. The van der Waals surface area contributed by atoms with Gasteiger partial charge in [0.2, 0.25) is 0 Å². The second-order valence-corrected chi connectivity index (χ2v) is 5.94. The largest absolute Gasteiger partial charge is 0.390 e. The van der Waals surface area contributed by atoms with Gasteiger partial charge < -0.3 is 10.2 Å². The normalized spacial score (nSPS) is 37.2. The zero-order valence-corrected chi connectivity index (χ0v) is 9.52. The maximum absolute atomic E-state index is 10.0. The first-order valence-corrected chi connectivity index (χ1v) is 5.92. The third-order valence-corrected chi connectivity index (χ3v) is 4.68. The Bertz CT molecular complexity index is 176. The van der Waals surface area contributed by atoms with Crippen molar-refractivity contribution >= 4 is 11.8 Å². The van der Waals surface area contributed by atoms with Gasteiger partial charge in [0, 0.05) is 11.2 Å². The molecule has 1 rings (SSSR count). The minimum absolute atomic E-state index is 0.0604. The van der Waals surface area contributed by atoms with Crippen LogP contribution in [0.2, 0.25) is 0 Å². The zero-order chi connectivity index (χ0) is 10.1. The van der Waals surface area contributed by atoms with Crippen LogP contribution in [-0.2, 0) is 0 Å². The van der Waals surface area contributed by atoms with Crippen molar-refractivity contribution in [3.8, 4) is 0 Å². The summed E-state index contributed by atoms with van der Waals surface area (Å²) in [5.41, 5.74) is -0.941. The van der Waals surface area contributed by atoms with Crippen LogP contribution in [0.1, 0.15) is 40.0 Å². The van der Waals surface area contributed by atoms with E-state index in [4.69, 9.17) is 0 Å². The van der Waals surface area contributed by atoms with Crippen molar-refractivity contribution in [2.45, 2.75) is 51.1 Å². The van der Waals surface area contributed by atoms with E-state index in [0.29, 0.717) is 0 Å². The maximum Gasteiger partial charge on any atom is 0.0992 e. The molecule has 0 amide bonds. The first-order valence-electron chi connectivity index (χ1n) is 4.87. The van der Waals surface area contributed by atoms with Crippen molar-refractivity contribution in [2.75, 3.05) is 5.75 Å². The van der Waals surface area contributed by atoms with Gasteiger partial charge in [-0.05, 0) is 33.1 Å². The molecule has 78 valence electrons. The molecule has 0 aromatic rings. The molecule has 0 spiro atoms. The number of hydrogen-bond donors (Lipinski definition) is 2. The third kappa shape index (κ3) is 2.61. The summed E-state index contributed by atoms with van der Waals surface area (Å²) >= 11 is 1.57. The number of rotatable bonds is 1. The van der Waals surface area contributed by atoms with Crippen molar-refractivity contribution < 1.29 is 10.2 Å². The quantitative estimate of drug-likeness (QED) is 0.686. The highest BCUT2D eigenvalue weighted by molar-refractivity contribution is 7.99. The molecule has 1 aliphatic rings. The average Bonchev–Trinajstić information content (AvgIpc) is 2.13. The molecule has 1 saturated heterocycles. The van der Waals surface area contributed by atoms with Gasteiger partial charge in [0.1, 0.15) is 0 Å². The number of hydrogen-bond acceptors (Lipinski definition) is 3. The van der Waals surface area contributed by atoms with Gasteiger partial charge in [-0.15, -0.1) is 11.8 Å². The molecule has 2 N–H and O–H groups in total. The van der Waals surface area contributed by atoms with E-state index in [1.807, 2.05) is 13.8 Å². The Morgan fingerprint density at radius 2 is 2.08 bits per heavy atom. The van der Waals surface area contributed by atoms with Gasteiger partial charge in [0.15, 0.2) is 0 Å². The van der Waals surface area contributed by atoms with E-state index < -0.39 is 5.60 Å². The second kappa shape index (κ2) is 3.79. The van der Waals surface area contributed by atoms with Crippen LogP contribution in [0.15, 0.2) is 0 Å². The van der Waals surface area contributed by atoms with Crippen LogP contribution in [-0.4, -0.2) is 27.0 Å². The van der Waals surface area contributed by atoms with Crippen molar-refractivity contribution in [1.82, 2.24) is 0 Å². The van der Waals surface area contributed by atoms with Gasteiger partial charge in [-0.3, -0.25) is 0 Å². The van der Waals surface area contributed by atoms with E-state index in [-0.39, 0.29) is 10.9 Å². The first kappa shape index (κ1) is 11.3. The van der Waals surface area contributed by atoms with Crippen LogP contribution in [0, 0.1) is 5.41 Å². The summed E-state index contributed by atoms with van der Waals surface area (Å²) < 4.78 is 0. The number of aliphatic hydroxyl groups is 2. The molecule has 0 aromatic carbocycles. The van der Waals surface area contributed by atoms with E-state index >= 15 is 0 Å². The van der Waals surface area contributed by atoms with Crippen LogP contribution in [0.5, 0.6) is 0 Å². The molecule has 2 unspecified atom stereocenters. The molecule has 3 heteroatoms. The van der Waals surface area contributed by atoms with Crippen LogP contribution < -0.4 is 0 Å². The molecule has 1 aliphatic heterocycles. The molecule has 0 aliphatic carbocycles. The number of aliphatic hydroxyl groups excluding tert-OH is 1. The fourth-order valence-electron chi connectivity index (χ4n) is 1.58. The topological polar surface area (TPSA) is 40.5 Å². The summed E-state index contributed by atoms with van der Waals surface area (Å²) in [6.45, 7) is 5.84. The van der Waals surface area contributed by atoms with Crippen molar-refractivity contribution in [1.29, 1.82) is 0 Å². The predicted octanol–water partition coefficient (Wildman–Crippen LogP) is 2.00. The highest BCUT2D eigenvalue weighted by atomic mass is 32.2. The lowest BCUT2D eigenvalue weighted by molar-refractivity contribution is -0.0366. The lowest BCUT2D eigenvalue weighted by Crippen LogP contribution is -2.42. The lowest BCUT2D eigenvalue weighted by atomic mass is 9.73. The highest BCUT2D eigenvalue weighted by Gasteiger charge is 2.40. The molecular formula is C10H20O2S.